The molecule has 2 aromatic rings. The fourth-order valence-corrected chi connectivity index (χ4v) is 2.34. The van der Waals surface area contributed by atoms with Crippen molar-refractivity contribution >= 4 is 23.2 Å². The van der Waals surface area contributed by atoms with E-state index in [2.05, 4.69) is 15.2 Å². The zero-order valence-corrected chi connectivity index (χ0v) is 15.2. The second-order valence-electron chi connectivity index (χ2n) is 6.93. The number of carbonyl (C=O) groups excluding carboxylic acids is 1. The number of carbonyl (C=O) groups is 1. The number of benzene rings is 1. The SMILES string of the molecule is CN(CCc1ccncc1)c1cc(NC(=O)OC(C)(C)C)ccc1N. The number of likely N-dealkylation sites (N-methyl/N-ethyl adjacent to an activating group) is 1. The van der Waals surface area contributed by atoms with Gasteiger partial charge in [0.15, 0.2) is 0 Å². The Hall–Kier alpha value is -2.76. The molecule has 6 nitrogen and oxygen atoms in total. The lowest BCUT2D eigenvalue weighted by molar-refractivity contribution is 0.0636. The number of hydrogen-bond donors (Lipinski definition) is 2. The average molecular weight is 342 g/mol. The van der Waals surface area contributed by atoms with Crippen LogP contribution in [-0.4, -0.2) is 30.3 Å². The summed E-state index contributed by atoms with van der Waals surface area (Å²) in [5.74, 6) is 0. The minimum atomic E-state index is -0.540. The Kier molecular flexibility index (Phi) is 5.85. The lowest BCUT2D eigenvalue weighted by atomic mass is 10.1. The highest BCUT2D eigenvalue weighted by Crippen LogP contribution is 2.26. The summed E-state index contributed by atoms with van der Waals surface area (Å²) in [4.78, 5) is 18.0. The third kappa shape index (κ3) is 5.99. The number of anilines is 3. The van der Waals surface area contributed by atoms with Gasteiger partial charge in [-0.1, -0.05) is 0 Å². The molecule has 0 fully saturated rings. The van der Waals surface area contributed by atoms with Crippen molar-refractivity contribution in [2.75, 3.05) is 29.5 Å². The number of amides is 1. The summed E-state index contributed by atoms with van der Waals surface area (Å²) in [7, 11) is 1.98. The lowest BCUT2D eigenvalue weighted by Crippen LogP contribution is -2.27. The molecule has 0 spiro atoms. The third-order valence-corrected chi connectivity index (χ3v) is 3.57. The van der Waals surface area contributed by atoms with Gasteiger partial charge in [-0.05, 0) is 63.1 Å². The Morgan fingerprint density at radius 3 is 2.56 bits per heavy atom. The monoisotopic (exact) mass is 342 g/mol. The van der Waals surface area contributed by atoms with Gasteiger partial charge in [-0.2, -0.15) is 0 Å². The average Bonchev–Trinajstić information content (AvgIpc) is 2.53. The van der Waals surface area contributed by atoms with E-state index in [1.807, 2.05) is 46.0 Å². The summed E-state index contributed by atoms with van der Waals surface area (Å²) in [5.41, 5.74) is 8.94. The van der Waals surface area contributed by atoms with Gasteiger partial charge in [-0.3, -0.25) is 10.3 Å². The number of ether oxygens (including phenoxy) is 1. The van der Waals surface area contributed by atoms with E-state index in [4.69, 9.17) is 10.5 Å². The van der Waals surface area contributed by atoms with Crippen LogP contribution in [0.25, 0.3) is 0 Å². The molecule has 6 heteroatoms. The largest absolute Gasteiger partial charge is 0.444 e. The van der Waals surface area contributed by atoms with E-state index in [-0.39, 0.29) is 0 Å². The van der Waals surface area contributed by atoms with Crippen LogP contribution in [0.4, 0.5) is 21.9 Å². The van der Waals surface area contributed by atoms with E-state index < -0.39 is 11.7 Å². The summed E-state index contributed by atoms with van der Waals surface area (Å²) in [6.07, 6.45) is 3.97. The molecule has 0 aliphatic heterocycles. The van der Waals surface area contributed by atoms with Crippen molar-refractivity contribution in [1.29, 1.82) is 0 Å². The van der Waals surface area contributed by atoms with Gasteiger partial charge in [0.1, 0.15) is 5.60 Å². The Morgan fingerprint density at radius 1 is 1.24 bits per heavy atom. The van der Waals surface area contributed by atoms with Crippen LogP contribution >= 0.6 is 0 Å². The number of nitrogens with zero attached hydrogens (tertiary/aromatic N) is 2. The first-order chi connectivity index (χ1) is 11.7. The Labute approximate surface area is 149 Å². The topological polar surface area (TPSA) is 80.5 Å². The van der Waals surface area contributed by atoms with Crippen LogP contribution in [0.1, 0.15) is 26.3 Å². The highest BCUT2D eigenvalue weighted by Gasteiger charge is 2.16. The van der Waals surface area contributed by atoms with E-state index >= 15 is 0 Å². The number of nitrogen functional groups attached to an aromatic ring is 1. The van der Waals surface area contributed by atoms with Crippen molar-refractivity contribution in [3.8, 4) is 0 Å². The van der Waals surface area contributed by atoms with Crippen molar-refractivity contribution in [3.63, 3.8) is 0 Å². The van der Waals surface area contributed by atoms with Crippen molar-refractivity contribution in [2.45, 2.75) is 32.8 Å². The number of hydrogen-bond acceptors (Lipinski definition) is 5. The molecule has 0 aliphatic carbocycles. The molecule has 0 atom stereocenters. The Balaban J connectivity index is 2.03. The maximum Gasteiger partial charge on any atom is 0.412 e. The zero-order chi connectivity index (χ0) is 18.4. The van der Waals surface area contributed by atoms with Crippen LogP contribution in [0.15, 0.2) is 42.7 Å². The first kappa shape index (κ1) is 18.6. The first-order valence-corrected chi connectivity index (χ1v) is 8.24. The van der Waals surface area contributed by atoms with Gasteiger partial charge in [0, 0.05) is 31.7 Å². The number of aromatic nitrogens is 1. The van der Waals surface area contributed by atoms with Crippen molar-refractivity contribution in [3.05, 3.63) is 48.3 Å². The van der Waals surface area contributed by atoms with Crippen LogP contribution in [0.3, 0.4) is 0 Å². The molecule has 0 saturated heterocycles. The first-order valence-electron chi connectivity index (χ1n) is 8.24. The molecule has 1 heterocycles. The van der Waals surface area contributed by atoms with Crippen LogP contribution in [-0.2, 0) is 11.2 Å². The van der Waals surface area contributed by atoms with Crippen molar-refractivity contribution < 1.29 is 9.53 Å². The standard InChI is InChI=1S/C19H26N4O2/c1-19(2,3)25-18(24)22-15-5-6-16(20)17(13-15)23(4)12-9-14-7-10-21-11-8-14/h5-8,10-11,13H,9,12,20H2,1-4H3,(H,22,24). The van der Waals surface area contributed by atoms with Gasteiger partial charge in [-0.25, -0.2) is 4.79 Å². The molecule has 0 aliphatic rings. The molecule has 0 saturated carbocycles. The van der Waals surface area contributed by atoms with Crippen LogP contribution in [0.5, 0.6) is 0 Å². The summed E-state index contributed by atoms with van der Waals surface area (Å²) >= 11 is 0. The minimum absolute atomic E-state index is 0.484. The van der Waals surface area contributed by atoms with Gasteiger partial charge in [-0.15, -0.1) is 0 Å². The summed E-state index contributed by atoms with van der Waals surface area (Å²) in [6.45, 7) is 6.28. The summed E-state index contributed by atoms with van der Waals surface area (Å²) < 4.78 is 5.28. The number of rotatable bonds is 5. The van der Waals surface area contributed by atoms with Crippen LogP contribution < -0.4 is 16.0 Å². The second-order valence-corrected chi connectivity index (χ2v) is 6.93. The van der Waals surface area contributed by atoms with Crippen LogP contribution in [0.2, 0.25) is 0 Å². The molecule has 0 unspecified atom stereocenters. The molecule has 1 aromatic heterocycles. The third-order valence-electron chi connectivity index (χ3n) is 3.57. The number of nitrogens with two attached hydrogens (primary N) is 1. The molecule has 0 radical (unpaired) electrons. The summed E-state index contributed by atoms with van der Waals surface area (Å²) in [6, 6.07) is 9.39. The molecule has 1 amide bonds. The second kappa shape index (κ2) is 7.88. The molecule has 134 valence electrons. The van der Waals surface area contributed by atoms with E-state index in [0.717, 1.165) is 18.7 Å². The number of pyridine rings is 1. The molecule has 3 N–H and O–H groups in total. The molecule has 1 aromatic carbocycles. The van der Waals surface area contributed by atoms with E-state index in [1.165, 1.54) is 5.56 Å². The Morgan fingerprint density at radius 2 is 1.92 bits per heavy atom. The highest BCUT2D eigenvalue weighted by atomic mass is 16.6. The normalized spacial score (nSPS) is 11.0. The molecule has 2 rings (SSSR count). The van der Waals surface area contributed by atoms with Gasteiger partial charge in [0.2, 0.25) is 0 Å². The maximum atomic E-state index is 11.9. The predicted octanol–water partition coefficient (Wildman–Crippen LogP) is 3.69. The van der Waals surface area contributed by atoms with Gasteiger partial charge >= 0.3 is 6.09 Å². The molecular weight excluding hydrogens is 316 g/mol. The lowest BCUT2D eigenvalue weighted by Gasteiger charge is -2.23. The van der Waals surface area contributed by atoms with Crippen LogP contribution in [0, 0.1) is 0 Å². The predicted molar refractivity (Wildman–Crippen MR) is 102 cm³/mol. The Bertz CT molecular complexity index is 711. The van der Waals surface area contributed by atoms with Gasteiger partial charge < -0.3 is 15.4 Å². The van der Waals surface area contributed by atoms with Crippen molar-refractivity contribution in [2.24, 2.45) is 0 Å². The maximum absolute atomic E-state index is 11.9. The highest BCUT2D eigenvalue weighted by molar-refractivity contribution is 5.87. The molecule has 25 heavy (non-hydrogen) atoms. The van der Waals surface area contributed by atoms with Gasteiger partial charge in [0.05, 0.1) is 11.4 Å². The number of nitrogens with one attached hydrogen (secondary N) is 1. The minimum Gasteiger partial charge on any atom is -0.444 e. The summed E-state index contributed by atoms with van der Waals surface area (Å²) in [5, 5.41) is 2.74. The molecule has 0 bridgehead atoms. The van der Waals surface area contributed by atoms with E-state index in [1.54, 1.807) is 24.5 Å². The van der Waals surface area contributed by atoms with Gasteiger partial charge in [0.25, 0.3) is 0 Å². The fourth-order valence-electron chi connectivity index (χ4n) is 2.34. The molecular formula is C19H26N4O2. The van der Waals surface area contributed by atoms with Crippen molar-refractivity contribution in [1.82, 2.24) is 4.98 Å². The fraction of sp³-hybridized carbons (Fsp3) is 0.368. The zero-order valence-electron chi connectivity index (χ0n) is 15.2. The van der Waals surface area contributed by atoms with E-state index in [0.29, 0.717) is 11.4 Å². The quantitative estimate of drug-likeness (QED) is 0.810. The van der Waals surface area contributed by atoms with E-state index in [9.17, 15) is 4.79 Å². The smallest absolute Gasteiger partial charge is 0.412 e.